The minimum Gasteiger partial charge on any atom is -0.248 e. The Hall–Kier alpha value is 0.0800. The van der Waals surface area contributed by atoms with Crippen molar-refractivity contribution in [3.05, 3.63) is 6.13 Å². The summed E-state index contributed by atoms with van der Waals surface area (Å²) in [7, 11) is 0. The van der Waals surface area contributed by atoms with Crippen LogP contribution in [0, 0.1) is 6.13 Å². The number of hydrogen-bond acceptors (Lipinski definition) is 0. The fraction of sp³-hybridized carbons (Fsp3) is 0.667. The Morgan fingerprint density at radius 3 is 1.43 bits per heavy atom. The van der Waals surface area contributed by atoms with Gasteiger partial charge in [0.2, 0.25) is 0 Å². The second-order valence-electron chi connectivity index (χ2n) is 0.449. The van der Waals surface area contributed by atoms with Crippen LogP contribution in [-0.4, -0.2) is 13.3 Å². The molecule has 0 heterocycles. The van der Waals surface area contributed by atoms with Gasteiger partial charge in [0.15, 0.2) is 0 Å². The standard InChI is InChI=1S/C2H4F2.CClF/c3-1-2-4;2-1-3/h1-2H2;. The maximum Gasteiger partial charge on any atom is 0.288 e. The van der Waals surface area contributed by atoms with Crippen LogP contribution in [0.3, 0.4) is 0 Å². The molecule has 0 N–H and O–H groups in total. The third kappa shape index (κ3) is 86.8. The van der Waals surface area contributed by atoms with Gasteiger partial charge in [-0.1, -0.05) is 11.6 Å². The van der Waals surface area contributed by atoms with E-state index < -0.39 is 13.3 Å². The molecule has 0 saturated carbocycles. The zero-order valence-electron chi connectivity index (χ0n) is 3.43. The molecule has 0 atom stereocenters. The van der Waals surface area contributed by atoms with Gasteiger partial charge < -0.3 is 0 Å². The van der Waals surface area contributed by atoms with E-state index in [9.17, 15) is 13.2 Å². The van der Waals surface area contributed by atoms with Crippen LogP contribution in [0.1, 0.15) is 0 Å². The smallest absolute Gasteiger partial charge is 0.248 e. The Kier molecular flexibility index (Phi) is 24.0. The molecular formula is C3H4ClF3. The van der Waals surface area contributed by atoms with Gasteiger partial charge in [0.25, 0.3) is 6.13 Å². The maximum atomic E-state index is 10.3. The molecule has 0 aromatic heterocycles. The zero-order chi connectivity index (χ0) is 6.12. The molecule has 0 aliphatic carbocycles. The van der Waals surface area contributed by atoms with Crippen molar-refractivity contribution in [2.24, 2.45) is 0 Å². The molecule has 0 unspecified atom stereocenters. The number of hydrogen-bond donors (Lipinski definition) is 0. The molecular weight excluding hydrogens is 128 g/mol. The summed E-state index contributed by atoms with van der Waals surface area (Å²) in [6.07, 6.45) is 0.722. The van der Waals surface area contributed by atoms with Gasteiger partial charge in [-0.25, -0.2) is 13.2 Å². The van der Waals surface area contributed by atoms with Crippen molar-refractivity contribution >= 4 is 11.6 Å². The average molecular weight is 133 g/mol. The molecule has 0 aromatic carbocycles. The molecule has 0 fully saturated rings. The summed E-state index contributed by atoms with van der Waals surface area (Å²) in [6.45, 7) is -1.69. The fourth-order valence-corrected chi connectivity index (χ4v) is 0. The monoisotopic (exact) mass is 132 g/mol. The quantitative estimate of drug-likeness (QED) is 0.513. The van der Waals surface area contributed by atoms with E-state index in [0.29, 0.717) is 0 Å². The van der Waals surface area contributed by atoms with E-state index in [0.717, 1.165) is 6.13 Å². The molecule has 0 aliphatic heterocycles. The highest BCUT2D eigenvalue weighted by atomic mass is 35.5. The summed E-state index contributed by atoms with van der Waals surface area (Å²) < 4.78 is 30.5. The lowest BCUT2D eigenvalue weighted by atomic mass is 10.9. The summed E-state index contributed by atoms with van der Waals surface area (Å²) in [4.78, 5) is 0. The van der Waals surface area contributed by atoms with Gasteiger partial charge in [0.1, 0.15) is 13.3 Å². The second kappa shape index (κ2) is 16.5. The number of rotatable bonds is 1. The van der Waals surface area contributed by atoms with Crippen molar-refractivity contribution in [2.45, 2.75) is 0 Å². The molecule has 0 saturated heterocycles. The highest BCUT2D eigenvalue weighted by Gasteiger charge is 1.65. The van der Waals surface area contributed by atoms with Gasteiger partial charge in [-0.2, -0.15) is 0 Å². The van der Waals surface area contributed by atoms with E-state index in [1.807, 2.05) is 0 Å². The molecule has 0 bridgehead atoms. The van der Waals surface area contributed by atoms with Crippen LogP contribution in [0.15, 0.2) is 0 Å². The summed E-state index contributed by atoms with van der Waals surface area (Å²) in [5, 5.41) is 0. The number of halogens is 4. The van der Waals surface area contributed by atoms with Crippen LogP contribution in [-0.2, 0) is 0 Å². The highest BCUT2D eigenvalue weighted by molar-refractivity contribution is 6.21. The molecule has 7 heavy (non-hydrogen) atoms. The highest BCUT2D eigenvalue weighted by Crippen LogP contribution is 1.76. The summed E-state index contributed by atoms with van der Waals surface area (Å²) in [5.74, 6) is 0. The first kappa shape index (κ1) is 10.1. The molecule has 0 nitrogen and oxygen atoms in total. The van der Waals surface area contributed by atoms with Crippen molar-refractivity contribution in [3.63, 3.8) is 0 Å². The van der Waals surface area contributed by atoms with Crippen molar-refractivity contribution < 1.29 is 13.2 Å². The Morgan fingerprint density at radius 2 is 1.43 bits per heavy atom. The van der Waals surface area contributed by atoms with E-state index in [-0.39, 0.29) is 0 Å². The number of alkyl halides is 2. The SMILES string of the molecule is FCCF.F[C]Cl. The van der Waals surface area contributed by atoms with Crippen molar-refractivity contribution in [2.75, 3.05) is 13.3 Å². The Balaban J connectivity index is 0. The lowest BCUT2D eigenvalue weighted by Crippen LogP contribution is -1.68. The fourth-order valence-electron chi connectivity index (χ4n) is 0. The minimum atomic E-state index is -0.847. The van der Waals surface area contributed by atoms with Crippen LogP contribution >= 0.6 is 11.6 Å². The first-order chi connectivity index (χ1) is 3.33. The van der Waals surface area contributed by atoms with Crippen LogP contribution in [0.4, 0.5) is 13.2 Å². The van der Waals surface area contributed by atoms with E-state index in [1.54, 1.807) is 0 Å². The molecule has 0 amide bonds. The third-order valence-corrected chi connectivity index (χ3v) is 0.0714. The molecule has 0 spiro atoms. The average Bonchev–Trinajstić information content (AvgIpc) is 1.69. The van der Waals surface area contributed by atoms with Gasteiger partial charge in [-0.3, -0.25) is 0 Å². The van der Waals surface area contributed by atoms with Crippen LogP contribution in [0.25, 0.3) is 0 Å². The second-order valence-corrected chi connectivity index (χ2v) is 0.592. The predicted octanol–water partition coefficient (Wildman–Crippen LogP) is 2.12. The van der Waals surface area contributed by atoms with E-state index in [2.05, 4.69) is 11.6 Å². The first-order valence-corrected chi connectivity index (χ1v) is 1.79. The normalized spacial score (nSPS) is 6.86. The Morgan fingerprint density at radius 1 is 1.29 bits per heavy atom. The first-order valence-electron chi connectivity index (χ1n) is 1.41. The Bertz CT molecular complexity index is 17.7. The van der Waals surface area contributed by atoms with Gasteiger partial charge in [-0.15, -0.1) is 0 Å². The zero-order valence-corrected chi connectivity index (χ0v) is 4.18. The van der Waals surface area contributed by atoms with E-state index in [4.69, 9.17) is 0 Å². The van der Waals surface area contributed by atoms with Crippen LogP contribution < -0.4 is 0 Å². The largest absolute Gasteiger partial charge is 0.288 e. The molecule has 0 aromatic rings. The third-order valence-electron chi connectivity index (χ3n) is 0.0714. The maximum absolute atomic E-state index is 10.3. The summed E-state index contributed by atoms with van der Waals surface area (Å²) in [6, 6.07) is 0. The van der Waals surface area contributed by atoms with Gasteiger partial charge in [-0.05, 0) is 0 Å². The Labute approximate surface area is 45.3 Å². The van der Waals surface area contributed by atoms with Crippen molar-refractivity contribution in [1.29, 1.82) is 0 Å². The van der Waals surface area contributed by atoms with Crippen molar-refractivity contribution in [3.8, 4) is 0 Å². The van der Waals surface area contributed by atoms with Crippen molar-refractivity contribution in [1.82, 2.24) is 0 Å². The minimum absolute atomic E-state index is 0.722. The molecule has 0 rings (SSSR count). The van der Waals surface area contributed by atoms with Crippen LogP contribution in [0.5, 0.6) is 0 Å². The lowest BCUT2D eigenvalue weighted by molar-refractivity contribution is 0.380. The van der Waals surface area contributed by atoms with Gasteiger partial charge in [0.05, 0.1) is 0 Å². The van der Waals surface area contributed by atoms with Gasteiger partial charge >= 0.3 is 0 Å². The molecule has 0 aliphatic rings. The van der Waals surface area contributed by atoms with Gasteiger partial charge in [0, 0.05) is 0 Å². The molecule has 2 radical (unpaired) electrons. The topological polar surface area (TPSA) is 0 Å². The molecule has 44 valence electrons. The molecule has 4 heteroatoms. The van der Waals surface area contributed by atoms with E-state index >= 15 is 0 Å². The summed E-state index contributed by atoms with van der Waals surface area (Å²) in [5.41, 5.74) is 0. The van der Waals surface area contributed by atoms with Crippen LogP contribution in [0.2, 0.25) is 0 Å². The summed E-state index contributed by atoms with van der Waals surface area (Å²) >= 11 is 4.08. The predicted molar refractivity (Wildman–Crippen MR) is 22.2 cm³/mol. The van der Waals surface area contributed by atoms with E-state index in [1.165, 1.54) is 0 Å². The lowest BCUT2D eigenvalue weighted by Gasteiger charge is -1.61.